The maximum Gasteiger partial charge on any atom is 0.307 e. The molecule has 2 aromatic heterocycles. The van der Waals surface area contributed by atoms with E-state index in [2.05, 4.69) is 48.1 Å². The van der Waals surface area contributed by atoms with Crippen molar-refractivity contribution in [2.24, 2.45) is 11.8 Å². The Kier molecular flexibility index (Phi) is 4.70. The van der Waals surface area contributed by atoms with Gasteiger partial charge in [-0.3, -0.25) is 4.79 Å². The number of pyridine rings is 2. The third kappa shape index (κ3) is 3.27. The molecule has 6 nitrogen and oxygen atoms in total. The van der Waals surface area contributed by atoms with Gasteiger partial charge in [0.15, 0.2) is 0 Å². The minimum absolute atomic E-state index is 0.0659. The Balaban J connectivity index is 1.23. The third-order valence-corrected chi connectivity index (χ3v) is 7.96. The number of nitrogens with zero attached hydrogens (tertiary/aromatic N) is 2. The molecule has 3 aromatic rings. The van der Waals surface area contributed by atoms with Crippen LogP contribution in [0.2, 0.25) is 0 Å². The van der Waals surface area contributed by atoms with Crippen molar-refractivity contribution in [3.8, 4) is 11.8 Å². The van der Waals surface area contributed by atoms with Crippen LogP contribution in [0.15, 0.2) is 48.8 Å². The first-order valence-electron chi connectivity index (χ1n) is 11.8. The number of hydrogen-bond acceptors (Lipinski definition) is 5. The second-order valence-electron chi connectivity index (χ2n) is 10.4. The van der Waals surface area contributed by atoms with Crippen LogP contribution in [0.1, 0.15) is 65.5 Å². The first-order valence-corrected chi connectivity index (χ1v) is 11.8. The number of hydrogen-bond donors (Lipinski definition) is 1. The number of aliphatic carboxylic acids is 1. The number of rotatable bonds is 6. The molecule has 4 atom stereocenters. The highest BCUT2D eigenvalue weighted by Gasteiger charge is 2.59. The van der Waals surface area contributed by atoms with Crippen molar-refractivity contribution in [3.05, 3.63) is 82.2 Å². The lowest BCUT2D eigenvalue weighted by atomic mass is 9.85. The monoisotopic (exact) mass is 456 g/mol. The largest absolute Gasteiger partial charge is 0.481 e. The SMILES string of the molecule is COc1ncccc1C1CC(C)(C)c2ccc(COc3cc4c(cn3)[C@H]3[C@@H](C4)[C@@H]3C(=O)O)cc21. The highest BCUT2D eigenvalue weighted by atomic mass is 16.5. The van der Waals surface area contributed by atoms with Crippen molar-refractivity contribution in [3.63, 3.8) is 0 Å². The number of fused-ring (bicyclic) bond motifs is 4. The molecule has 0 spiro atoms. The van der Waals surface area contributed by atoms with E-state index in [-0.39, 0.29) is 29.1 Å². The van der Waals surface area contributed by atoms with Crippen LogP contribution in [0.3, 0.4) is 0 Å². The topological polar surface area (TPSA) is 81.5 Å². The first-order chi connectivity index (χ1) is 16.4. The van der Waals surface area contributed by atoms with E-state index < -0.39 is 5.97 Å². The van der Waals surface area contributed by atoms with Crippen LogP contribution < -0.4 is 9.47 Å². The maximum atomic E-state index is 11.3. The molecule has 1 unspecified atom stereocenters. The summed E-state index contributed by atoms with van der Waals surface area (Å²) < 4.78 is 11.6. The zero-order valence-corrected chi connectivity index (χ0v) is 19.6. The van der Waals surface area contributed by atoms with Crippen molar-refractivity contribution in [2.75, 3.05) is 7.11 Å². The van der Waals surface area contributed by atoms with Gasteiger partial charge in [0.1, 0.15) is 6.61 Å². The van der Waals surface area contributed by atoms with Gasteiger partial charge in [-0.2, -0.15) is 0 Å². The van der Waals surface area contributed by atoms with E-state index >= 15 is 0 Å². The number of benzene rings is 1. The fraction of sp³-hybridized carbons (Fsp3) is 0.393. The average Bonchev–Trinajstić information content (AvgIpc) is 3.32. The molecule has 6 heteroatoms. The fourth-order valence-electron chi connectivity index (χ4n) is 6.29. The van der Waals surface area contributed by atoms with E-state index in [9.17, 15) is 9.90 Å². The van der Waals surface area contributed by atoms with Crippen molar-refractivity contribution in [1.82, 2.24) is 9.97 Å². The number of ether oxygens (including phenoxy) is 2. The van der Waals surface area contributed by atoms with Gasteiger partial charge in [-0.25, -0.2) is 9.97 Å². The fourth-order valence-corrected chi connectivity index (χ4v) is 6.29. The Morgan fingerprint density at radius 1 is 1.15 bits per heavy atom. The summed E-state index contributed by atoms with van der Waals surface area (Å²) in [7, 11) is 1.67. The van der Waals surface area contributed by atoms with Crippen LogP contribution >= 0.6 is 0 Å². The van der Waals surface area contributed by atoms with E-state index in [1.807, 2.05) is 18.3 Å². The van der Waals surface area contributed by atoms with E-state index in [1.54, 1.807) is 13.3 Å². The minimum atomic E-state index is -0.692. The summed E-state index contributed by atoms with van der Waals surface area (Å²) >= 11 is 0. The maximum absolute atomic E-state index is 11.3. The lowest BCUT2D eigenvalue weighted by Gasteiger charge is -2.19. The Hall–Kier alpha value is -3.41. The number of carboxylic acids is 1. The zero-order valence-electron chi connectivity index (χ0n) is 19.6. The Morgan fingerprint density at radius 3 is 2.79 bits per heavy atom. The summed E-state index contributed by atoms with van der Waals surface area (Å²) in [6.45, 7) is 5.01. The minimum Gasteiger partial charge on any atom is -0.481 e. The summed E-state index contributed by atoms with van der Waals surface area (Å²) in [5.74, 6) is 0.940. The number of carboxylic acid groups (broad SMARTS) is 1. The molecule has 6 rings (SSSR count). The molecule has 0 aliphatic heterocycles. The summed E-state index contributed by atoms with van der Waals surface area (Å²) in [5, 5.41) is 9.31. The quantitative estimate of drug-likeness (QED) is 0.571. The summed E-state index contributed by atoms with van der Waals surface area (Å²) in [6, 6.07) is 12.7. The van der Waals surface area contributed by atoms with Gasteiger partial charge >= 0.3 is 5.97 Å². The van der Waals surface area contributed by atoms with Gasteiger partial charge in [0.2, 0.25) is 11.8 Å². The number of aromatic nitrogens is 2. The van der Waals surface area contributed by atoms with Crippen LogP contribution in [-0.4, -0.2) is 28.2 Å². The van der Waals surface area contributed by atoms with Crippen molar-refractivity contribution < 1.29 is 19.4 Å². The third-order valence-electron chi connectivity index (χ3n) is 7.96. The van der Waals surface area contributed by atoms with Gasteiger partial charge in [-0.1, -0.05) is 38.1 Å². The van der Waals surface area contributed by atoms with E-state index in [0.29, 0.717) is 18.4 Å². The Bertz CT molecular complexity index is 1300. The molecule has 0 saturated heterocycles. The molecule has 0 amide bonds. The molecule has 1 N–H and O–H groups in total. The molecule has 0 radical (unpaired) electrons. The summed E-state index contributed by atoms with van der Waals surface area (Å²) in [6.07, 6.45) is 5.38. The second-order valence-corrected chi connectivity index (χ2v) is 10.4. The summed E-state index contributed by atoms with van der Waals surface area (Å²) in [5.41, 5.74) is 7.20. The molecule has 1 saturated carbocycles. The molecule has 3 aliphatic carbocycles. The van der Waals surface area contributed by atoms with Gasteiger partial charge < -0.3 is 14.6 Å². The van der Waals surface area contributed by atoms with Crippen molar-refractivity contribution in [1.29, 1.82) is 0 Å². The summed E-state index contributed by atoms with van der Waals surface area (Å²) in [4.78, 5) is 20.2. The number of carbonyl (C=O) groups is 1. The highest BCUT2D eigenvalue weighted by molar-refractivity contribution is 5.77. The van der Waals surface area contributed by atoms with E-state index in [4.69, 9.17) is 9.47 Å². The first kappa shape index (κ1) is 21.1. The van der Waals surface area contributed by atoms with Crippen LogP contribution in [0, 0.1) is 11.8 Å². The standard InChI is InChI=1S/C28H28N2O4/c1-28(2)12-20(17-5-4-8-29-26(17)33-3)18-9-15(6-7-22(18)28)14-34-23-11-16-10-19-24(21(16)13-30-23)25(19)27(31)32/h4-9,11,13,19-20,24-25H,10,12,14H2,1-3H3,(H,31,32)/t19-,20?,24-,25+/m1/s1. The van der Waals surface area contributed by atoms with Crippen molar-refractivity contribution in [2.45, 2.75) is 50.5 Å². The lowest BCUT2D eigenvalue weighted by Crippen LogP contribution is -2.12. The average molecular weight is 457 g/mol. The molecule has 1 fully saturated rings. The van der Waals surface area contributed by atoms with E-state index in [0.717, 1.165) is 29.5 Å². The highest BCUT2D eigenvalue weighted by Crippen LogP contribution is 2.61. The molecule has 174 valence electrons. The second kappa shape index (κ2) is 7.55. The predicted octanol–water partition coefficient (Wildman–Crippen LogP) is 4.85. The Morgan fingerprint density at radius 2 is 2.00 bits per heavy atom. The molecule has 1 aromatic carbocycles. The smallest absolute Gasteiger partial charge is 0.307 e. The van der Waals surface area contributed by atoms with Gasteiger partial charge in [0, 0.05) is 35.9 Å². The molecule has 3 aliphatic rings. The molecular weight excluding hydrogens is 428 g/mol. The number of methoxy groups -OCH3 is 1. The van der Waals surface area contributed by atoms with Crippen LogP contribution in [0.25, 0.3) is 0 Å². The molecule has 0 bridgehead atoms. The van der Waals surface area contributed by atoms with Gasteiger partial charge in [-0.05, 0) is 58.1 Å². The van der Waals surface area contributed by atoms with Crippen molar-refractivity contribution >= 4 is 5.97 Å². The van der Waals surface area contributed by atoms with Gasteiger partial charge in [-0.15, -0.1) is 0 Å². The van der Waals surface area contributed by atoms with Gasteiger partial charge in [0.25, 0.3) is 0 Å². The molecule has 34 heavy (non-hydrogen) atoms. The van der Waals surface area contributed by atoms with Crippen LogP contribution in [0.5, 0.6) is 11.8 Å². The van der Waals surface area contributed by atoms with Crippen LogP contribution in [0.4, 0.5) is 0 Å². The van der Waals surface area contributed by atoms with E-state index in [1.165, 1.54) is 16.7 Å². The predicted molar refractivity (Wildman–Crippen MR) is 126 cm³/mol. The zero-order chi connectivity index (χ0) is 23.6. The molecular formula is C28H28N2O4. The van der Waals surface area contributed by atoms with Crippen LogP contribution in [-0.2, 0) is 23.2 Å². The van der Waals surface area contributed by atoms with Gasteiger partial charge in [0.05, 0.1) is 13.0 Å². The lowest BCUT2D eigenvalue weighted by molar-refractivity contribution is -0.139. The molecule has 2 heterocycles. The normalized spacial score (nSPS) is 25.3. The Labute approximate surface area is 199 Å².